The van der Waals surface area contributed by atoms with E-state index in [2.05, 4.69) is 40.7 Å². The number of rotatable bonds is 22. The van der Waals surface area contributed by atoms with Crippen LogP contribution in [0, 0.1) is 11.6 Å². The Bertz CT molecular complexity index is 3380. The molecule has 0 fully saturated rings. The first kappa shape index (κ1) is 59.0. The van der Waals surface area contributed by atoms with Crippen molar-refractivity contribution in [3.8, 4) is 17.2 Å². The minimum Gasteiger partial charge on any atom is -0.495 e. The third-order valence-electron chi connectivity index (χ3n) is 9.33. The van der Waals surface area contributed by atoms with Crippen LogP contribution < -0.4 is 19.5 Å². The average Bonchev–Trinajstić information content (AvgIpc) is 3.33. The van der Waals surface area contributed by atoms with E-state index in [0.717, 1.165) is 17.7 Å². The molecule has 0 radical (unpaired) electrons. The van der Waals surface area contributed by atoms with E-state index in [1.807, 2.05) is 37.3 Å². The number of methoxy groups -OCH3 is 1. The van der Waals surface area contributed by atoms with E-state index >= 15 is 8.78 Å². The van der Waals surface area contributed by atoms with E-state index in [0.29, 0.717) is 42.1 Å². The minimum absolute atomic E-state index is 0.0150. The molecule has 6 aromatic rings. The van der Waals surface area contributed by atoms with Gasteiger partial charge in [0.05, 0.1) is 44.1 Å². The lowest BCUT2D eigenvalue weighted by atomic mass is 10.1. The van der Waals surface area contributed by atoms with Crippen LogP contribution in [0.3, 0.4) is 0 Å². The molecule has 1 aromatic heterocycles. The Balaban J connectivity index is 0.00000138. The van der Waals surface area contributed by atoms with Crippen LogP contribution in [0.25, 0.3) is 0 Å². The van der Waals surface area contributed by atoms with Crippen LogP contribution in [0.5, 0.6) is 17.2 Å². The molecule has 74 heavy (non-hydrogen) atoms. The summed E-state index contributed by atoms with van der Waals surface area (Å²) in [6, 6.07) is 24.5. The quantitative estimate of drug-likeness (QED) is 0.0303. The van der Waals surface area contributed by atoms with Gasteiger partial charge in [-0.15, -0.1) is 35.5 Å². The van der Waals surface area contributed by atoms with E-state index in [1.165, 1.54) is 37.4 Å². The van der Waals surface area contributed by atoms with Gasteiger partial charge in [0.1, 0.15) is 45.2 Å². The van der Waals surface area contributed by atoms with Crippen molar-refractivity contribution >= 4 is 70.2 Å². The first-order valence-corrected chi connectivity index (χ1v) is 26.2. The van der Waals surface area contributed by atoms with Crippen molar-refractivity contribution in [1.29, 1.82) is 0 Å². The molecular weight excluding hydrogens is 1060 g/mol. The molecule has 0 unspecified atom stereocenters. The number of anilines is 1. The van der Waals surface area contributed by atoms with E-state index in [1.54, 1.807) is 24.3 Å². The summed E-state index contributed by atoms with van der Waals surface area (Å²) in [4.78, 5) is 13.3. The van der Waals surface area contributed by atoms with E-state index in [-0.39, 0.29) is 84.2 Å². The molecular formula is C44H44F2N8O16S4. The summed E-state index contributed by atoms with van der Waals surface area (Å²) in [7, 11) is -14.1. The Morgan fingerprint density at radius 2 is 1.15 bits per heavy atom. The van der Waals surface area contributed by atoms with E-state index in [9.17, 15) is 31.0 Å². The lowest BCUT2D eigenvalue weighted by molar-refractivity contribution is 0.282. The zero-order valence-corrected chi connectivity index (χ0v) is 42.0. The van der Waals surface area contributed by atoms with Gasteiger partial charge >= 0.3 is 21.2 Å². The highest BCUT2D eigenvalue weighted by Gasteiger charge is 2.20. The summed E-state index contributed by atoms with van der Waals surface area (Å²) >= 11 is 0. The van der Waals surface area contributed by atoms with Gasteiger partial charge in [0.2, 0.25) is 5.95 Å². The van der Waals surface area contributed by atoms with Crippen LogP contribution in [-0.4, -0.2) is 97.3 Å². The van der Waals surface area contributed by atoms with Gasteiger partial charge in [0.15, 0.2) is 11.6 Å². The highest BCUT2D eigenvalue weighted by atomic mass is 32.2. The Morgan fingerprint density at radius 3 is 1.64 bits per heavy atom. The Kier molecular flexibility index (Phi) is 22.8. The van der Waals surface area contributed by atoms with Crippen molar-refractivity contribution in [1.82, 2.24) is 15.0 Å². The second kappa shape index (κ2) is 28.6. The maximum atomic E-state index is 15.9. The van der Waals surface area contributed by atoms with Crippen molar-refractivity contribution in [2.24, 2.45) is 20.5 Å². The van der Waals surface area contributed by atoms with Gasteiger partial charge in [0.25, 0.3) is 20.2 Å². The summed E-state index contributed by atoms with van der Waals surface area (Å²) in [6.07, 6.45) is 0.265. The number of halogens is 2. The standard InChI is InChI=1S/C44H44F2N8O10S2.2O3S/c1-3-16-63-39-24-36(53-51-32-12-10-29(27-55)11-13-32)34(45)19-30(39)21-42-48-43(50-44(49-42)47-26-28-8-5-4-6-9-28)22-31-20-35(46)37(25-40(31)64-17-7-18-65(56,57)58)54-52-33-14-15-38(62-2)41(23-33)66(59,60)61;2*1-4(2)3/h4-6,8-15,19-20,23-25,55H,3,7,16-18,21-22,26-27H2,1-2H3,(H,56,57,58)(H,59,60,61)(H,47,48,49,50);;. The molecule has 4 N–H and O–H groups in total. The smallest absolute Gasteiger partial charge is 0.425 e. The molecule has 0 bridgehead atoms. The van der Waals surface area contributed by atoms with Gasteiger partial charge in [-0.05, 0) is 66.4 Å². The minimum atomic E-state index is -4.73. The Hall–Kier alpha value is -7.61. The van der Waals surface area contributed by atoms with Crippen LogP contribution in [0.15, 0.2) is 122 Å². The number of aromatic nitrogens is 3. The highest BCUT2D eigenvalue weighted by molar-refractivity contribution is 7.86. The first-order valence-electron chi connectivity index (χ1n) is 21.2. The van der Waals surface area contributed by atoms with Crippen LogP contribution in [-0.2, 0) is 67.4 Å². The second-order valence-electron chi connectivity index (χ2n) is 14.8. The average molecular weight is 1110 g/mol. The maximum absolute atomic E-state index is 15.9. The molecule has 24 nitrogen and oxygen atoms in total. The van der Waals surface area contributed by atoms with Gasteiger partial charge in [-0.3, -0.25) is 9.11 Å². The molecule has 30 heteroatoms. The topological polar surface area (TPSA) is 359 Å². The molecule has 0 aliphatic rings. The molecule has 0 amide bonds. The number of hydrogen-bond acceptors (Lipinski definition) is 22. The summed E-state index contributed by atoms with van der Waals surface area (Å²) in [5, 5.41) is 28.6. The van der Waals surface area contributed by atoms with Gasteiger partial charge in [-0.1, -0.05) is 49.4 Å². The number of aliphatic hydroxyl groups excluding tert-OH is 1. The lowest BCUT2D eigenvalue weighted by Gasteiger charge is -2.15. The van der Waals surface area contributed by atoms with Crippen LogP contribution in [0.1, 0.15) is 53.7 Å². The molecule has 6 rings (SSSR count). The molecule has 1 heterocycles. The normalized spacial score (nSPS) is 11.3. The first-order chi connectivity index (χ1) is 35.1. The monoisotopic (exact) mass is 1110 g/mol. The fraction of sp³-hybridized carbons (Fsp3) is 0.250. The second-order valence-corrected chi connectivity index (χ2v) is 18.6. The zero-order valence-electron chi connectivity index (χ0n) is 38.8. The number of nitrogens with one attached hydrogen (secondary N) is 1. The van der Waals surface area contributed by atoms with Crippen molar-refractivity contribution < 1.29 is 79.3 Å². The summed E-state index contributed by atoms with van der Waals surface area (Å²) < 4.78 is 165. The third kappa shape index (κ3) is 20.5. The zero-order chi connectivity index (χ0) is 54.4. The molecule has 394 valence electrons. The van der Waals surface area contributed by atoms with Crippen LogP contribution in [0.4, 0.5) is 37.5 Å². The summed E-state index contributed by atoms with van der Waals surface area (Å²) in [5.74, 6) is -1.62. The number of benzene rings is 5. The van der Waals surface area contributed by atoms with Gasteiger partial charge in [-0.2, -0.15) is 37.0 Å². The Labute approximate surface area is 424 Å². The molecule has 0 atom stereocenters. The fourth-order valence-corrected chi connectivity index (χ4v) is 7.30. The Morgan fingerprint density at radius 1 is 0.635 bits per heavy atom. The number of ether oxygens (including phenoxy) is 3. The van der Waals surface area contributed by atoms with Crippen molar-refractivity contribution in [2.45, 2.75) is 50.7 Å². The summed E-state index contributed by atoms with van der Waals surface area (Å²) in [6.45, 7) is 2.13. The highest BCUT2D eigenvalue weighted by Crippen LogP contribution is 2.35. The molecule has 0 spiro atoms. The molecule has 5 aromatic carbocycles. The van der Waals surface area contributed by atoms with E-state index in [4.69, 9.17) is 39.5 Å². The molecule has 0 aliphatic heterocycles. The number of aliphatic hydroxyl groups is 1. The molecule has 0 aliphatic carbocycles. The fourth-order valence-electron chi connectivity index (χ4n) is 6.15. The van der Waals surface area contributed by atoms with E-state index < -0.39 is 63.7 Å². The predicted octanol–water partition coefficient (Wildman–Crippen LogP) is 6.96. The lowest BCUT2D eigenvalue weighted by Crippen LogP contribution is -2.12. The van der Waals surface area contributed by atoms with Crippen LogP contribution in [0.2, 0.25) is 0 Å². The van der Waals surface area contributed by atoms with Crippen molar-refractivity contribution in [2.75, 3.05) is 31.4 Å². The number of hydrogen-bond donors (Lipinski definition) is 4. The SMILES string of the molecule is CCCOc1cc(N=Nc2ccc(CO)cc2)c(F)cc1Cc1nc(Cc2cc(F)c(N=Nc3ccc(OC)c(S(=O)(=O)O)c3)cc2OCCCS(=O)(=O)O)nc(NCc2ccccc2)n1.O=S(=O)=O.O=S(=O)=O. The number of azo groups is 2. The van der Waals surface area contributed by atoms with Gasteiger partial charge in [-0.25, -0.2) is 13.8 Å². The van der Waals surface area contributed by atoms with Crippen molar-refractivity contribution in [3.05, 3.63) is 143 Å². The predicted molar refractivity (Wildman–Crippen MR) is 257 cm³/mol. The number of nitrogens with zero attached hydrogens (tertiary/aromatic N) is 7. The summed E-state index contributed by atoms with van der Waals surface area (Å²) in [5.41, 5.74) is 2.06. The molecule has 0 saturated heterocycles. The molecule has 0 saturated carbocycles. The largest absolute Gasteiger partial charge is 0.495 e. The van der Waals surface area contributed by atoms with Crippen molar-refractivity contribution in [3.63, 3.8) is 0 Å². The van der Waals surface area contributed by atoms with Gasteiger partial charge < -0.3 is 24.6 Å². The van der Waals surface area contributed by atoms with Gasteiger partial charge in [0, 0.05) is 42.6 Å². The maximum Gasteiger partial charge on any atom is 0.425 e. The third-order valence-corrected chi connectivity index (χ3v) is 11.0. The van der Waals surface area contributed by atoms with Crippen LogP contribution >= 0.6 is 0 Å².